The molecule has 0 atom stereocenters. The summed E-state index contributed by atoms with van der Waals surface area (Å²) in [6.45, 7) is 1.79. The van der Waals surface area contributed by atoms with E-state index in [-0.39, 0.29) is 16.9 Å². The highest BCUT2D eigenvalue weighted by Crippen LogP contribution is 2.27. The Balaban J connectivity index is 2.28. The van der Waals surface area contributed by atoms with Crippen molar-refractivity contribution >= 4 is 21.6 Å². The van der Waals surface area contributed by atoms with Crippen molar-refractivity contribution in [3.63, 3.8) is 0 Å². The predicted molar refractivity (Wildman–Crippen MR) is 79.3 cm³/mol. The zero-order valence-corrected chi connectivity index (χ0v) is 13.6. The number of nitrogens with zero attached hydrogens (tertiary/aromatic N) is 2. The van der Waals surface area contributed by atoms with Crippen molar-refractivity contribution in [2.75, 3.05) is 7.05 Å². The van der Waals surface area contributed by atoms with Crippen molar-refractivity contribution in [3.8, 4) is 0 Å². The van der Waals surface area contributed by atoms with E-state index in [0.717, 1.165) is 25.7 Å². The molecule has 0 radical (unpaired) electrons. The van der Waals surface area contributed by atoms with Gasteiger partial charge in [-0.1, -0.05) is 25.7 Å². The summed E-state index contributed by atoms with van der Waals surface area (Å²) in [5.41, 5.74) is 1.29. The number of aromatic nitrogens is 2. The average molecular weight is 320 g/mol. The van der Waals surface area contributed by atoms with Gasteiger partial charge in [0.15, 0.2) is 5.03 Å². The third kappa shape index (κ3) is 3.02. The van der Waals surface area contributed by atoms with Gasteiger partial charge in [-0.25, -0.2) is 8.42 Å². The second-order valence-electron chi connectivity index (χ2n) is 5.43. The Hall–Kier alpha value is -0.590. The van der Waals surface area contributed by atoms with E-state index in [0.29, 0.717) is 11.3 Å². The molecule has 114 valence electrons. The Kier molecular flexibility index (Phi) is 5.09. The minimum Gasteiger partial charge on any atom is -0.281 e. The lowest BCUT2D eigenvalue weighted by Gasteiger charge is -2.25. The minimum atomic E-state index is -3.57. The number of sulfonamides is 1. The smallest absolute Gasteiger partial charge is 0.262 e. The standard InChI is InChI=1S/C13H22ClN3O2S/c1-10-12(9-14)13(16-15-10)20(18,19)17(2)11-7-5-3-4-6-8-11/h11H,3-9H2,1-2H3,(H,15,16). The molecule has 1 aliphatic carbocycles. The van der Waals surface area contributed by atoms with Crippen LogP contribution in [-0.4, -0.2) is 36.0 Å². The maximum absolute atomic E-state index is 12.7. The van der Waals surface area contributed by atoms with Crippen LogP contribution in [0, 0.1) is 6.92 Å². The second-order valence-corrected chi connectivity index (χ2v) is 7.61. The first kappa shape index (κ1) is 15.8. The van der Waals surface area contributed by atoms with Gasteiger partial charge in [-0.2, -0.15) is 9.40 Å². The molecular formula is C13H22ClN3O2S. The molecule has 5 nitrogen and oxygen atoms in total. The number of halogens is 1. The maximum Gasteiger partial charge on any atom is 0.262 e. The number of aryl methyl sites for hydroxylation is 1. The van der Waals surface area contributed by atoms with Crippen LogP contribution in [-0.2, 0) is 15.9 Å². The fourth-order valence-corrected chi connectivity index (χ4v) is 4.73. The van der Waals surface area contributed by atoms with Gasteiger partial charge in [-0.3, -0.25) is 5.10 Å². The number of hydrogen-bond acceptors (Lipinski definition) is 3. The summed E-state index contributed by atoms with van der Waals surface area (Å²) in [7, 11) is -1.91. The molecule has 0 aliphatic heterocycles. The summed E-state index contributed by atoms with van der Waals surface area (Å²) in [5, 5.41) is 6.76. The SMILES string of the molecule is Cc1[nH]nc(S(=O)(=O)N(C)C2CCCCCC2)c1CCl. The van der Waals surface area contributed by atoms with E-state index in [4.69, 9.17) is 11.6 Å². The van der Waals surface area contributed by atoms with E-state index < -0.39 is 10.0 Å². The molecule has 1 aliphatic rings. The molecule has 2 rings (SSSR count). The molecule has 20 heavy (non-hydrogen) atoms. The molecule has 1 N–H and O–H groups in total. The fraction of sp³-hybridized carbons (Fsp3) is 0.769. The van der Waals surface area contributed by atoms with Crippen molar-refractivity contribution in [1.82, 2.24) is 14.5 Å². The molecule has 7 heteroatoms. The van der Waals surface area contributed by atoms with E-state index in [1.54, 1.807) is 14.0 Å². The summed E-state index contributed by atoms with van der Waals surface area (Å²) in [5.74, 6) is 0.148. The minimum absolute atomic E-state index is 0.0719. The Labute approximate surface area is 125 Å². The van der Waals surface area contributed by atoms with Crippen LogP contribution >= 0.6 is 11.6 Å². The van der Waals surface area contributed by atoms with Crippen LogP contribution in [0.1, 0.15) is 49.8 Å². The van der Waals surface area contributed by atoms with Crippen LogP contribution in [0.2, 0.25) is 0 Å². The van der Waals surface area contributed by atoms with Crippen LogP contribution in [0.3, 0.4) is 0 Å². The number of aromatic amines is 1. The highest BCUT2D eigenvalue weighted by Gasteiger charge is 2.32. The first-order valence-electron chi connectivity index (χ1n) is 7.06. The molecule has 1 heterocycles. The molecule has 1 aromatic rings. The largest absolute Gasteiger partial charge is 0.281 e. The number of hydrogen-bond donors (Lipinski definition) is 1. The van der Waals surface area contributed by atoms with Crippen LogP contribution in [0.25, 0.3) is 0 Å². The summed E-state index contributed by atoms with van der Waals surface area (Å²) in [6, 6.07) is 0.0719. The topological polar surface area (TPSA) is 66.1 Å². The zero-order valence-electron chi connectivity index (χ0n) is 12.0. The highest BCUT2D eigenvalue weighted by molar-refractivity contribution is 7.89. The number of alkyl halides is 1. The van der Waals surface area contributed by atoms with Crippen molar-refractivity contribution in [1.29, 1.82) is 0 Å². The van der Waals surface area contributed by atoms with Crippen LogP contribution in [0.5, 0.6) is 0 Å². The second kappa shape index (κ2) is 6.45. The van der Waals surface area contributed by atoms with Crippen molar-refractivity contribution in [2.45, 2.75) is 62.4 Å². The van der Waals surface area contributed by atoms with E-state index in [9.17, 15) is 8.42 Å². The molecule has 1 saturated carbocycles. The molecule has 0 unspecified atom stereocenters. The van der Waals surface area contributed by atoms with E-state index in [2.05, 4.69) is 10.2 Å². The van der Waals surface area contributed by atoms with Crippen LogP contribution < -0.4 is 0 Å². The van der Waals surface area contributed by atoms with Gasteiger partial charge in [0.05, 0.1) is 5.88 Å². The summed E-state index contributed by atoms with van der Waals surface area (Å²) in [4.78, 5) is 0. The lowest BCUT2D eigenvalue weighted by molar-refractivity contribution is 0.334. The lowest BCUT2D eigenvalue weighted by Crippen LogP contribution is -2.37. The Morgan fingerprint density at radius 2 is 1.90 bits per heavy atom. The van der Waals surface area contributed by atoms with Gasteiger partial charge >= 0.3 is 0 Å². The van der Waals surface area contributed by atoms with Crippen molar-refractivity contribution in [2.24, 2.45) is 0 Å². The third-order valence-corrected chi connectivity index (χ3v) is 6.28. The fourth-order valence-electron chi connectivity index (χ4n) is 2.75. The molecular weight excluding hydrogens is 298 g/mol. The Bertz CT molecular complexity index is 548. The molecule has 0 amide bonds. The molecule has 0 aromatic carbocycles. The predicted octanol–water partition coefficient (Wildman–Crippen LogP) is 2.80. The van der Waals surface area contributed by atoms with E-state index in [1.165, 1.54) is 17.1 Å². The van der Waals surface area contributed by atoms with Gasteiger partial charge in [0.2, 0.25) is 0 Å². The first-order chi connectivity index (χ1) is 9.48. The van der Waals surface area contributed by atoms with Gasteiger partial charge in [-0.05, 0) is 19.8 Å². The van der Waals surface area contributed by atoms with Crippen molar-refractivity contribution in [3.05, 3.63) is 11.3 Å². The van der Waals surface area contributed by atoms with Gasteiger partial charge < -0.3 is 0 Å². The van der Waals surface area contributed by atoms with Gasteiger partial charge in [0.25, 0.3) is 10.0 Å². The van der Waals surface area contributed by atoms with Crippen molar-refractivity contribution < 1.29 is 8.42 Å². The van der Waals surface area contributed by atoms with Gasteiger partial charge in [-0.15, -0.1) is 11.6 Å². The van der Waals surface area contributed by atoms with Gasteiger partial charge in [0, 0.05) is 24.3 Å². The number of rotatable bonds is 4. The Morgan fingerprint density at radius 1 is 1.30 bits per heavy atom. The highest BCUT2D eigenvalue weighted by atomic mass is 35.5. The first-order valence-corrected chi connectivity index (χ1v) is 9.03. The molecule has 1 fully saturated rings. The maximum atomic E-state index is 12.7. The molecule has 1 aromatic heterocycles. The zero-order chi connectivity index (χ0) is 14.8. The normalized spacial score (nSPS) is 18.4. The summed E-state index contributed by atoms with van der Waals surface area (Å²) in [6.07, 6.45) is 6.42. The lowest BCUT2D eigenvalue weighted by atomic mass is 10.1. The molecule has 0 bridgehead atoms. The average Bonchev–Trinajstić information content (AvgIpc) is 2.65. The van der Waals surface area contributed by atoms with E-state index >= 15 is 0 Å². The Morgan fingerprint density at radius 3 is 2.45 bits per heavy atom. The van der Waals surface area contributed by atoms with Crippen LogP contribution in [0.4, 0.5) is 0 Å². The monoisotopic (exact) mass is 319 g/mol. The molecule has 0 saturated heterocycles. The molecule has 0 spiro atoms. The number of nitrogens with one attached hydrogen (secondary N) is 1. The summed E-state index contributed by atoms with van der Waals surface area (Å²) < 4.78 is 26.9. The summed E-state index contributed by atoms with van der Waals surface area (Å²) >= 11 is 5.86. The van der Waals surface area contributed by atoms with Crippen LogP contribution in [0.15, 0.2) is 5.03 Å². The third-order valence-electron chi connectivity index (χ3n) is 4.13. The van der Waals surface area contributed by atoms with Gasteiger partial charge in [0.1, 0.15) is 0 Å². The van der Waals surface area contributed by atoms with E-state index in [1.807, 2.05) is 0 Å². The quantitative estimate of drug-likeness (QED) is 0.685. The number of H-pyrrole nitrogens is 1.